The van der Waals surface area contributed by atoms with Gasteiger partial charge in [0.25, 0.3) is 5.24 Å². The maximum Gasteiger partial charge on any atom is 0.281 e. The molecule has 1 amide bonds. The molecule has 0 N–H and O–H groups in total. The molecule has 0 rings (SSSR count). The van der Waals surface area contributed by atoms with E-state index in [9.17, 15) is 4.79 Å². The third kappa shape index (κ3) is 9.92. The van der Waals surface area contributed by atoms with Crippen molar-refractivity contribution in [3.05, 3.63) is 0 Å². The molecule has 0 aromatic rings. The minimum atomic E-state index is 0.231. The second-order valence-corrected chi connectivity index (χ2v) is 5.61. The topological polar surface area (TPSA) is 20.3 Å². The van der Waals surface area contributed by atoms with Gasteiger partial charge in [-0.1, -0.05) is 46.4 Å². The van der Waals surface area contributed by atoms with E-state index in [0.29, 0.717) is 11.8 Å². The van der Waals surface area contributed by atoms with Gasteiger partial charge < -0.3 is 4.90 Å². The Morgan fingerprint density at radius 2 is 1.50 bits per heavy atom. The zero-order valence-corrected chi connectivity index (χ0v) is 12.0. The van der Waals surface area contributed by atoms with E-state index in [2.05, 4.69) is 40.5 Å². The van der Waals surface area contributed by atoms with E-state index in [4.69, 9.17) is 0 Å². The van der Waals surface area contributed by atoms with Crippen LogP contribution < -0.4 is 0 Å². The molecule has 0 atom stereocenters. The number of thioether (sulfide) groups is 1. The fourth-order valence-corrected chi connectivity index (χ4v) is 1.90. The van der Waals surface area contributed by atoms with Crippen molar-refractivity contribution in [3.63, 3.8) is 0 Å². The lowest BCUT2D eigenvalue weighted by molar-refractivity contribution is 0.208. The van der Waals surface area contributed by atoms with Crippen molar-refractivity contribution in [2.75, 3.05) is 18.8 Å². The number of hydrogen-bond acceptors (Lipinski definition) is 2. The van der Waals surface area contributed by atoms with Crippen molar-refractivity contribution in [3.8, 4) is 12.8 Å². The summed E-state index contributed by atoms with van der Waals surface area (Å²) in [5, 5.41) is 0.231. The van der Waals surface area contributed by atoms with Crippen molar-refractivity contribution in [1.82, 2.24) is 4.90 Å². The Labute approximate surface area is 105 Å². The van der Waals surface area contributed by atoms with Gasteiger partial charge >= 0.3 is 0 Å². The van der Waals surface area contributed by atoms with Gasteiger partial charge in [-0.15, -0.1) is 12.8 Å². The molecule has 0 aliphatic rings. The second-order valence-electron chi connectivity index (χ2n) is 4.39. The lowest BCUT2D eigenvalue weighted by atomic mass is 10.1. The summed E-state index contributed by atoms with van der Waals surface area (Å²) in [6.07, 6.45) is 8.00. The molecule has 16 heavy (non-hydrogen) atoms. The molecule has 0 fully saturated rings. The quantitative estimate of drug-likeness (QED) is 0.686. The van der Waals surface area contributed by atoms with Crippen LogP contribution in [0.1, 0.15) is 34.6 Å². The van der Waals surface area contributed by atoms with E-state index < -0.39 is 0 Å². The van der Waals surface area contributed by atoms with E-state index in [1.54, 1.807) is 0 Å². The smallest absolute Gasteiger partial charge is 0.281 e. The largest absolute Gasteiger partial charge is 0.333 e. The van der Waals surface area contributed by atoms with Crippen LogP contribution in [0.15, 0.2) is 0 Å². The standard InChI is InChI=1S/C11H23NOS.C2H2/c1-6-14-11(13)12(7-9(2)3)8-10(4)5;1-2/h9-10H,6-8H2,1-5H3;1-2H. The summed E-state index contributed by atoms with van der Waals surface area (Å²) in [6, 6.07) is 0. The van der Waals surface area contributed by atoms with E-state index >= 15 is 0 Å². The minimum Gasteiger partial charge on any atom is -0.333 e. The maximum atomic E-state index is 11.7. The van der Waals surface area contributed by atoms with Gasteiger partial charge in [-0.3, -0.25) is 4.79 Å². The van der Waals surface area contributed by atoms with Crippen molar-refractivity contribution in [2.24, 2.45) is 11.8 Å². The van der Waals surface area contributed by atoms with E-state index in [1.165, 1.54) is 11.8 Å². The van der Waals surface area contributed by atoms with Crippen molar-refractivity contribution in [2.45, 2.75) is 34.6 Å². The molecule has 94 valence electrons. The molecule has 0 bridgehead atoms. The summed E-state index contributed by atoms with van der Waals surface area (Å²) in [6.45, 7) is 12.4. The molecule has 0 aliphatic carbocycles. The van der Waals surface area contributed by atoms with Crippen LogP contribution >= 0.6 is 11.8 Å². The highest BCUT2D eigenvalue weighted by Gasteiger charge is 2.15. The molecule has 0 aromatic carbocycles. The van der Waals surface area contributed by atoms with E-state index in [1.807, 2.05) is 11.8 Å². The van der Waals surface area contributed by atoms with Crippen LogP contribution in [0.25, 0.3) is 0 Å². The van der Waals surface area contributed by atoms with Gasteiger partial charge in [0.05, 0.1) is 0 Å². The number of carbonyl (C=O) groups is 1. The Kier molecular flexibility index (Phi) is 12.1. The molecule has 0 saturated heterocycles. The van der Waals surface area contributed by atoms with Crippen LogP contribution in [0.2, 0.25) is 0 Å². The molecule has 0 aliphatic heterocycles. The second kappa shape index (κ2) is 10.9. The maximum absolute atomic E-state index is 11.7. The summed E-state index contributed by atoms with van der Waals surface area (Å²) in [5.74, 6) is 1.97. The first-order valence-corrected chi connectivity index (χ1v) is 6.70. The minimum absolute atomic E-state index is 0.231. The van der Waals surface area contributed by atoms with Gasteiger partial charge in [0, 0.05) is 13.1 Å². The monoisotopic (exact) mass is 243 g/mol. The van der Waals surface area contributed by atoms with Crippen LogP contribution in [0.4, 0.5) is 4.79 Å². The molecular weight excluding hydrogens is 218 g/mol. The number of hydrogen-bond donors (Lipinski definition) is 0. The number of amides is 1. The summed E-state index contributed by atoms with van der Waals surface area (Å²) in [7, 11) is 0. The number of nitrogens with zero attached hydrogens (tertiary/aromatic N) is 1. The third-order valence-electron chi connectivity index (χ3n) is 1.70. The summed E-state index contributed by atoms with van der Waals surface area (Å²) in [5.41, 5.74) is 0. The Hall–Kier alpha value is -0.620. The molecule has 0 unspecified atom stereocenters. The number of rotatable bonds is 5. The van der Waals surface area contributed by atoms with E-state index in [0.717, 1.165) is 18.8 Å². The first kappa shape index (κ1) is 17.8. The van der Waals surface area contributed by atoms with Crippen molar-refractivity contribution < 1.29 is 4.79 Å². The number of terminal acetylenes is 1. The van der Waals surface area contributed by atoms with Crippen molar-refractivity contribution in [1.29, 1.82) is 0 Å². The first-order valence-electron chi connectivity index (χ1n) is 5.72. The third-order valence-corrected chi connectivity index (χ3v) is 2.49. The van der Waals surface area contributed by atoms with Crippen LogP contribution in [0, 0.1) is 24.7 Å². The lowest BCUT2D eigenvalue weighted by Crippen LogP contribution is -2.34. The lowest BCUT2D eigenvalue weighted by Gasteiger charge is -2.25. The van der Waals surface area contributed by atoms with Gasteiger partial charge in [0.2, 0.25) is 0 Å². The summed E-state index contributed by atoms with van der Waals surface area (Å²) >= 11 is 1.41. The molecule has 0 radical (unpaired) electrons. The van der Waals surface area contributed by atoms with Gasteiger partial charge in [-0.2, -0.15) is 0 Å². The molecule has 3 heteroatoms. The molecule has 0 saturated carbocycles. The van der Waals surface area contributed by atoms with Gasteiger partial charge in [0.15, 0.2) is 0 Å². The van der Waals surface area contributed by atoms with Crippen LogP contribution in [-0.2, 0) is 0 Å². The van der Waals surface area contributed by atoms with E-state index in [-0.39, 0.29) is 5.24 Å². The normalized spacial score (nSPS) is 9.81. The predicted molar refractivity (Wildman–Crippen MR) is 74.7 cm³/mol. The zero-order valence-electron chi connectivity index (χ0n) is 11.2. The fourth-order valence-electron chi connectivity index (χ4n) is 1.32. The molecule has 0 heterocycles. The van der Waals surface area contributed by atoms with Crippen molar-refractivity contribution >= 4 is 17.0 Å². The average Bonchev–Trinajstić information content (AvgIpc) is 2.19. The zero-order chi connectivity index (χ0) is 13.1. The molecule has 0 aromatic heterocycles. The summed E-state index contributed by atoms with van der Waals surface area (Å²) < 4.78 is 0. The highest BCUT2D eigenvalue weighted by Crippen LogP contribution is 2.12. The highest BCUT2D eigenvalue weighted by atomic mass is 32.2. The van der Waals surface area contributed by atoms with Gasteiger partial charge in [-0.05, 0) is 17.6 Å². The Morgan fingerprint density at radius 1 is 1.12 bits per heavy atom. The SMILES string of the molecule is C#C.CCSC(=O)N(CC(C)C)CC(C)C. The fraction of sp³-hybridized carbons (Fsp3) is 0.769. The average molecular weight is 243 g/mol. The first-order chi connectivity index (χ1) is 7.47. The van der Waals surface area contributed by atoms with Gasteiger partial charge in [0.1, 0.15) is 0 Å². The van der Waals surface area contributed by atoms with Crippen LogP contribution in [0.5, 0.6) is 0 Å². The Balaban J connectivity index is 0. The van der Waals surface area contributed by atoms with Crippen LogP contribution in [-0.4, -0.2) is 29.0 Å². The molecule has 2 nitrogen and oxygen atoms in total. The number of carbonyl (C=O) groups excluding carboxylic acids is 1. The highest BCUT2D eigenvalue weighted by molar-refractivity contribution is 8.13. The summed E-state index contributed by atoms with van der Waals surface area (Å²) in [4.78, 5) is 13.7. The molecule has 0 spiro atoms. The molecular formula is C13H25NOS. The van der Waals surface area contributed by atoms with Crippen LogP contribution in [0.3, 0.4) is 0 Å². The Morgan fingerprint density at radius 3 is 1.75 bits per heavy atom. The van der Waals surface area contributed by atoms with Gasteiger partial charge in [-0.25, -0.2) is 0 Å². The Bertz CT molecular complexity index is 189. The predicted octanol–water partition coefficient (Wildman–Crippen LogP) is 3.72.